The topological polar surface area (TPSA) is 41.6 Å². The number of anilines is 2. The SMILES string of the molecule is O=C(Nc1ccc(OCc2ccccc2)cc1)N1CCCCc2cc(F)ccc21. The van der Waals surface area contributed by atoms with Crippen LogP contribution in [0.15, 0.2) is 72.8 Å². The van der Waals surface area contributed by atoms with Crippen molar-refractivity contribution in [2.24, 2.45) is 0 Å². The smallest absolute Gasteiger partial charge is 0.326 e. The maximum absolute atomic E-state index is 13.6. The van der Waals surface area contributed by atoms with Crippen LogP contribution in [0.2, 0.25) is 0 Å². The number of halogens is 1. The van der Waals surface area contributed by atoms with E-state index in [4.69, 9.17) is 4.74 Å². The van der Waals surface area contributed by atoms with E-state index >= 15 is 0 Å². The molecule has 0 saturated heterocycles. The van der Waals surface area contributed by atoms with Crippen molar-refractivity contribution < 1.29 is 13.9 Å². The fraction of sp³-hybridized carbons (Fsp3) is 0.208. The summed E-state index contributed by atoms with van der Waals surface area (Å²) in [6.45, 7) is 1.11. The fourth-order valence-corrected chi connectivity index (χ4v) is 3.50. The van der Waals surface area contributed by atoms with Crippen molar-refractivity contribution in [2.45, 2.75) is 25.9 Å². The van der Waals surface area contributed by atoms with E-state index in [-0.39, 0.29) is 11.8 Å². The number of carbonyl (C=O) groups excluding carboxylic acids is 1. The predicted molar refractivity (Wildman–Crippen MR) is 113 cm³/mol. The van der Waals surface area contributed by atoms with Crippen LogP contribution in [0.4, 0.5) is 20.6 Å². The van der Waals surface area contributed by atoms with E-state index < -0.39 is 0 Å². The Morgan fingerprint density at radius 1 is 1.00 bits per heavy atom. The molecule has 0 saturated carbocycles. The van der Waals surface area contributed by atoms with Crippen molar-refractivity contribution in [1.29, 1.82) is 0 Å². The molecule has 0 bridgehead atoms. The number of urea groups is 1. The van der Waals surface area contributed by atoms with Gasteiger partial charge in [0.1, 0.15) is 18.2 Å². The summed E-state index contributed by atoms with van der Waals surface area (Å²) in [5.41, 5.74) is 3.45. The number of rotatable bonds is 4. The lowest BCUT2D eigenvalue weighted by molar-refractivity contribution is 0.257. The highest BCUT2D eigenvalue weighted by Gasteiger charge is 2.21. The Bertz CT molecular complexity index is 974. The minimum Gasteiger partial charge on any atom is -0.489 e. The van der Waals surface area contributed by atoms with Gasteiger partial charge < -0.3 is 10.1 Å². The monoisotopic (exact) mass is 390 g/mol. The van der Waals surface area contributed by atoms with Gasteiger partial charge in [-0.1, -0.05) is 30.3 Å². The summed E-state index contributed by atoms with van der Waals surface area (Å²) in [5, 5.41) is 2.93. The van der Waals surface area contributed by atoms with Crippen LogP contribution in [-0.4, -0.2) is 12.6 Å². The number of amides is 2. The van der Waals surface area contributed by atoms with Crippen LogP contribution in [-0.2, 0) is 13.0 Å². The molecule has 1 N–H and O–H groups in total. The summed E-state index contributed by atoms with van der Waals surface area (Å²) >= 11 is 0. The van der Waals surface area contributed by atoms with Crippen LogP contribution in [0.25, 0.3) is 0 Å². The Morgan fingerprint density at radius 3 is 2.59 bits per heavy atom. The van der Waals surface area contributed by atoms with Crippen LogP contribution >= 0.6 is 0 Å². The minimum absolute atomic E-state index is 0.210. The summed E-state index contributed by atoms with van der Waals surface area (Å²) in [6, 6.07) is 21.7. The summed E-state index contributed by atoms with van der Waals surface area (Å²) in [6.07, 6.45) is 2.61. The van der Waals surface area contributed by atoms with Gasteiger partial charge in [0.05, 0.1) is 0 Å². The Hall–Kier alpha value is -3.34. The summed E-state index contributed by atoms with van der Waals surface area (Å²) in [4.78, 5) is 14.5. The Morgan fingerprint density at radius 2 is 1.79 bits per heavy atom. The van der Waals surface area contributed by atoms with Gasteiger partial charge in [0, 0.05) is 17.9 Å². The lowest BCUT2D eigenvalue weighted by atomic mass is 10.1. The highest BCUT2D eigenvalue weighted by atomic mass is 19.1. The second-order valence-electron chi connectivity index (χ2n) is 7.11. The molecule has 0 radical (unpaired) electrons. The van der Waals surface area contributed by atoms with E-state index in [1.807, 2.05) is 54.6 Å². The number of hydrogen-bond donors (Lipinski definition) is 1. The lowest BCUT2D eigenvalue weighted by Crippen LogP contribution is -2.35. The van der Waals surface area contributed by atoms with Gasteiger partial charge >= 0.3 is 6.03 Å². The van der Waals surface area contributed by atoms with Gasteiger partial charge in [-0.05, 0) is 72.9 Å². The molecule has 0 aromatic heterocycles. The Labute approximate surface area is 169 Å². The average molecular weight is 390 g/mol. The standard InChI is InChI=1S/C24H23FN2O2/c25-20-9-14-23-19(16-20)8-4-5-15-27(23)24(28)26-21-10-12-22(13-11-21)29-17-18-6-2-1-3-7-18/h1-3,6-7,9-14,16H,4-5,8,15,17H2,(H,26,28). The van der Waals surface area contributed by atoms with Crippen LogP contribution in [0, 0.1) is 5.82 Å². The number of nitrogens with one attached hydrogen (secondary N) is 1. The van der Waals surface area contributed by atoms with Crippen molar-refractivity contribution in [3.8, 4) is 5.75 Å². The molecule has 148 valence electrons. The quantitative estimate of drug-likeness (QED) is 0.614. The van der Waals surface area contributed by atoms with E-state index in [1.165, 1.54) is 12.1 Å². The number of carbonyl (C=O) groups is 1. The summed E-state index contributed by atoms with van der Waals surface area (Å²) < 4.78 is 19.4. The molecular formula is C24H23FN2O2. The maximum atomic E-state index is 13.6. The molecule has 4 nitrogen and oxygen atoms in total. The van der Waals surface area contributed by atoms with Gasteiger partial charge in [-0.25, -0.2) is 9.18 Å². The molecular weight excluding hydrogens is 367 g/mol. The Balaban J connectivity index is 1.41. The third-order valence-electron chi connectivity index (χ3n) is 5.01. The molecule has 0 unspecified atom stereocenters. The van der Waals surface area contributed by atoms with E-state index in [1.54, 1.807) is 11.0 Å². The van der Waals surface area contributed by atoms with Gasteiger partial charge in [0.15, 0.2) is 0 Å². The molecule has 1 aliphatic heterocycles. The van der Waals surface area contributed by atoms with E-state index in [9.17, 15) is 9.18 Å². The van der Waals surface area contributed by atoms with Crippen molar-refractivity contribution >= 4 is 17.4 Å². The predicted octanol–water partition coefficient (Wildman–Crippen LogP) is 5.78. The van der Waals surface area contributed by atoms with E-state index in [2.05, 4.69) is 5.32 Å². The first kappa shape index (κ1) is 19.0. The number of nitrogens with zero attached hydrogens (tertiary/aromatic N) is 1. The fourth-order valence-electron chi connectivity index (χ4n) is 3.50. The normalized spacial score (nSPS) is 13.3. The molecule has 0 fully saturated rings. The van der Waals surface area contributed by atoms with E-state index in [0.717, 1.165) is 41.8 Å². The number of aryl methyl sites for hydroxylation is 1. The third kappa shape index (κ3) is 4.74. The highest BCUT2D eigenvalue weighted by Crippen LogP contribution is 2.28. The number of hydrogen-bond acceptors (Lipinski definition) is 2. The second-order valence-corrected chi connectivity index (χ2v) is 7.11. The van der Waals surface area contributed by atoms with E-state index in [0.29, 0.717) is 18.8 Å². The molecule has 2 amide bonds. The average Bonchev–Trinajstić information content (AvgIpc) is 2.96. The third-order valence-corrected chi connectivity index (χ3v) is 5.01. The molecule has 1 heterocycles. The van der Waals surface area contributed by atoms with Crippen molar-refractivity contribution in [2.75, 3.05) is 16.8 Å². The first-order chi connectivity index (χ1) is 14.2. The number of ether oxygens (including phenoxy) is 1. The zero-order valence-electron chi connectivity index (χ0n) is 16.1. The van der Waals surface area contributed by atoms with Gasteiger partial charge in [0.2, 0.25) is 0 Å². The zero-order chi connectivity index (χ0) is 20.1. The lowest BCUT2D eigenvalue weighted by Gasteiger charge is -2.23. The molecule has 1 aliphatic rings. The summed E-state index contributed by atoms with van der Waals surface area (Å²) in [5.74, 6) is 0.472. The second kappa shape index (κ2) is 8.78. The summed E-state index contributed by atoms with van der Waals surface area (Å²) in [7, 11) is 0. The van der Waals surface area contributed by atoms with Crippen LogP contribution in [0.5, 0.6) is 5.75 Å². The molecule has 4 rings (SSSR count). The molecule has 3 aromatic rings. The number of benzene rings is 3. The van der Waals surface area contributed by atoms with Crippen molar-refractivity contribution in [1.82, 2.24) is 0 Å². The number of fused-ring (bicyclic) bond motifs is 1. The van der Waals surface area contributed by atoms with Crippen molar-refractivity contribution in [3.05, 3.63) is 89.7 Å². The van der Waals surface area contributed by atoms with Crippen LogP contribution in [0.3, 0.4) is 0 Å². The largest absolute Gasteiger partial charge is 0.489 e. The highest BCUT2D eigenvalue weighted by molar-refractivity contribution is 6.02. The van der Waals surface area contributed by atoms with Gasteiger partial charge in [-0.15, -0.1) is 0 Å². The molecule has 5 heteroatoms. The molecule has 0 spiro atoms. The zero-order valence-corrected chi connectivity index (χ0v) is 16.1. The molecule has 0 aliphatic carbocycles. The first-order valence-electron chi connectivity index (χ1n) is 9.83. The first-order valence-corrected chi connectivity index (χ1v) is 9.83. The minimum atomic E-state index is -0.267. The molecule has 0 atom stereocenters. The van der Waals surface area contributed by atoms with Gasteiger partial charge in [-0.2, -0.15) is 0 Å². The van der Waals surface area contributed by atoms with Crippen LogP contribution < -0.4 is 15.0 Å². The van der Waals surface area contributed by atoms with Gasteiger partial charge in [0.25, 0.3) is 0 Å². The Kier molecular flexibility index (Phi) is 5.75. The molecule has 29 heavy (non-hydrogen) atoms. The van der Waals surface area contributed by atoms with Gasteiger partial charge in [-0.3, -0.25) is 4.90 Å². The van der Waals surface area contributed by atoms with Crippen molar-refractivity contribution in [3.63, 3.8) is 0 Å². The maximum Gasteiger partial charge on any atom is 0.326 e. The van der Waals surface area contributed by atoms with Crippen LogP contribution in [0.1, 0.15) is 24.0 Å². The molecule has 3 aromatic carbocycles.